The Labute approximate surface area is 89.2 Å². The Morgan fingerprint density at radius 2 is 2.50 bits per heavy atom. The highest BCUT2D eigenvalue weighted by Gasteiger charge is 2.06. The largest absolute Gasteiger partial charge is 0.375 e. The number of thioether (sulfide) groups is 1. The quantitative estimate of drug-likeness (QED) is 0.776. The third-order valence-electron chi connectivity index (χ3n) is 1.58. The van der Waals surface area contributed by atoms with Gasteiger partial charge >= 0.3 is 0 Å². The smallest absolute Gasteiger partial charge is 0.181 e. The van der Waals surface area contributed by atoms with Crippen molar-refractivity contribution in [2.24, 2.45) is 0 Å². The van der Waals surface area contributed by atoms with Gasteiger partial charge in [-0.1, -0.05) is 11.3 Å². The van der Waals surface area contributed by atoms with Gasteiger partial charge in [0.15, 0.2) is 5.13 Å². The van der Waals surface area contributed by atoms with Gasteiger partial charge in [0.05, 0.1) is 15.7 Å². The molecule has 0 aromatic carbocycles. The zero-order valence-corrected chi connectivity index (χ0v) is 9.15. The first kappa shape index (κ1) is 9.47. The first-order chi connectivity index (χ1) is 6.75. The van der Waals surface area contributed by atoms with Gasteiger partial charge in [0.1, 0.15) is 12.2 Å². The van der Waals surface area contributed by atoms with Gasteiger partial charge in [-0.3, -0.25) is 5.10 Å². The van der Waals surface area contributed by atoms with E-state index in [1.54, 1.807) is 11.8 Å². The van der Waals surface area contributed by atoms with Crippen molar-refractivity contribution in [3.8, 4) is 0 Å². The number of nitrogen functional groups attached to an aromatic ring is 1. The Balaban J connectivity index is 2.01. The van der Waals surface area contributed by atoms with E-state index in [9.17, 15) is 0 Å². The van der Waals surface area contributed by atoms with Crippen LogP contribution >= 0.6 is 23.1 Å². The highest BCUT2D eigenvalue weighted by atomic mass is 32.2. The standard InChI is InChI=1S/C7H9N5S2/c1-4-6(14-7(8)11-4)13-2-5-9-3-10-12-5/h3H,2H2,1H3,(H2,8,11)(H,9,10,12). The molecule has 2 aromatic heterocycles. The Morgan fingerprint density at radius 3 is 3.07 bits per heavy atom. The molecule has 2 heterocycles. The molecule has 0 unspecified atom stereocenters. The van der Waals surface area contributed by atoms with E-state index < -0.39 is 0 Å². The van der Waals surface area contributed by atoms with Crippen LogP contribution in [0, 0.1) is 6.92 Å². The van der Waals surface area contributed by atoms with Crippen LogP contribution in [0.1, 0.15) is 11.5 Å². The summed E-state index contributed by atoms with van der Waals surface area (Å²) in [6.07, 6.45) is 1.50. The fourth-order valence-electron chi connectivity index (χ4n) is 0.971. The van der Waals surface area contributed by atoms with Gasteiger partial charge in [-0.05, 0) is 6.92 Å². The van der Waals surface area contributed by atoms with Crippen molar-refractivity contribution < 1.29 is 0 Å². The molecule has 0 aliphatic rings. The van der Waals surface area contributed by atoms with Crippen molar-refractivity contribution >= 4 is 28.2 Å². The molecule has 14 heavy (non-hydrogen) atoms. The average molecular weight is 227 g/mol. The third kappa shape index (κ3) is 2.05. The van der Waals surface area contributed by atoms with Crippen LogP contribution in [-0.4, -0.2) is 20.2 Å². The summed E-state index contributed by atoms with van der Waals surface area (Å²) in [5.41, 5.74) is 6.57. The van der Waals surface area contributed by atoms with E-state index in [-0.39, 0.29) is 0 Å². The van der Waals surface area contributed by atoms with Crippen LogP contribution in [-0.2, 0) is 5.75 Å². The molecule has 0 spiro atoms. The lowest BCUT2D eigenvalue weighted by molar-refractivity contribution is 1.02. The number of rotatable bonds is 3. The minimum absolute atomic E-state index is 0.613. The molecule has 7 heteroatoms. The second kappa shape index (κ2) is 3.97. The van der Waals surface area contributed by atoms with Gasteiger partial charge in [0.2, 0.25) is 0 Å². The molecule has 0 saturated carbocycles. The third-order valence-corrected chi connectivity index (χ3v) is 3.94. The Hall–Kier alpha value is -1.08. The summed E-state index contributed by atoms with van der Waals surface area (Å²) >= 11 is 3.17. The molecule has 0 aliphatic heterocycles. The fraction of sp³-hybridized carbons (Fsp3) is 0.286. The topological polar surface area (TPSA) is 80.5 Å². The first-order valence-corrected chi connectivity index (χ1v) is 5.76. The minimum atomic E-state index is 0.613. The van der Waals surface area contributed by atoms with Gasteiger partial charge in [-0.25, -0.2) is 9.97 Å². The van der Waals surface area contributed by atoms with Crippen molar-refractivity contribution in [3.63, 3.8) is 0 Å². The lowest BCUT2D eigenvalue weighted by Gasteiger charge is -1.94. The summed E-state index contributed by atoms with van der Waals surface area (Å²) in [5.74, 6) is 1.63. The summed E-state index contributed by atoms with van der Waals surface area (Å²) in [6, 6.07) is 0. The number of nitrogens with one attached hydrogen (secondary N) is 1. The van der Waals surface area contributed by atoms with E-state index in [2.05, 4.69) is 20.2 Å². The van der Waals surface area contributed by atoms with Gasteiger partial charge < -0.3 is 5.73 Å². The number of hydrogen-bond acceptors (Lipinski definition) is 6. The highest BCUT2D eigenvalue weighted by Crippen LogP contribution is 2.31. The number of nitrogens with zero attached hydrogens (tertiary/aromatic N) is 3. The molecule has 0 saturated heterocycles. The second-order valence-corrected chi connectivity index (χ2v) is 4.92. The summed E-state index contributed by atoms with van der Waals surface area (Å²) in [4.78, 5) is 8.17. The normalized spacial score (nSPS) is 10.6. The molecule has 0 aliphatic carbocycles. The minimum Gasteiger partial charge on any atom is -0.375 e. The van der Waals surface area contributed by atoms with E-state index in [1.165, 1.54) is 17.7 Å². The van der Waals surface area contributed by atoms with E-state index in [0.29, 0.717) is 5.13 Å². The van der Waals surface area contributed by atoms with E-state index in [0.717, 1.165) is 21.5 Å². The van der Waals surface area contributed by atoms with Crippen molar-refractivity contribution in [2.45, 2.75) is 16.9 Å². The molecule has 0 atom stereocenters. The van der Waals surface area contributed by atoms with Crippen LogP contribution in [0.25, 0.3) is 0 Å². The average Bonchev–Trinajstić information content (AvgIpc) is 2.72. The SMILES string of the molecule is Cc1nc(N)sc1SCc1ncn[nH]1. The molecular formula is C7H9N5S2. The van der Waals surface area contributed by atoms with Crippen molar-refractivity contribution in [1.29, 1.82) is 0 Å². The summed E-state index contributed by atoms with van der Waals surface area (Å²) in [7, 11) is 0. The molecule has 0 fully saturated rings. The molecule has 5 nitrogen and oxygen atoms in total. The Morgan fingerprint density at radius 1 is 1.64 bits per heavy atom. The predicted octanol–water partition coefficient (Wildman–Crippen LogP) is 1.44. The zero-order chi connectivity index (χ0) is 9.97. The van der Waals surface area contributed by atoms with Gasteiger partial charge in [-0.2, -0.15) is 5.10 Å². The molecule has 0 amide bonds. The maximum atomic E-state index is 5.59. The van der Waals surface area contributed by atoms with E-state index in [4.69, 9.17) is 5.73 Å². The van der Waals surface area contributed by atoms with Gasteiger partial charge in [-0.15, -0.1) is 11.8 Å². The van der Waals surface area contributed by atoms with Crippen LogP contribution in [0.15, 0.2) is 10.5 Å². The first-order valence-electron chi connectivity index (χ1n) is 3.95. The molecule has 2 aromatic rings. The van der Waals surface area contributed by atoms with Crippen molar-refractivity contribution in [1.82, 2.24) is 20.2 Å². The van der Waals surface area contributed by atoms with Gasteiger partial charge in [0, 0.05) is 0 Å². The summed E-state index contributed by atoms with van der Waals surface area (Å²) < 4.78 is 1.14. The molecule has 74 valence electrons. The predicted molar refractivity (Wildman–Crippen MR) is 57.2 cm³/mol. The summed E-state index contributed by atoms with van der Waals surface area (Å²) in [6.45, 7) is 1.95. The lowest BCUT2D eigenvalue weighted by atomic mass is 10.6. The van der Waals surface area contributed by atoms with Crippen LogP contribution in [0.3, 0.4) is 0 Å². The number of hydrogen-bond donors (Lipinski definition) is 2. The maximum Gasteiger partial charge on any atom is 0.181 e. The maximum absolute atomic E-state index is 5.59. The highest BCUT2D eigenvalue weighted by molar-refractivity contribution is 8.00. The van der Waals surface area contributed by atoms with E-state index >= 15 is 0 Å². The number of thiazole rings is 1. The fourth-order valence-corrected chi connectivity index (χ4v) is 2.87. The molecule has 3 N–H and O–H groups in total. The zero-order valence-electron chi connectivity index (χ0n) is 7.52. The monoisotopic (exact) mass is 227 g/mol. The number of aromatic nitrogens is 4. The number of nitrogens with two attached hydrogens (primary N) is 1. The Bertz CT molecular complexity index is 408. The molecule has 2 rings (SSSR count). The van der Waals surface area contributed by atoms with Gasteiger partial charge in [0.25, 0.3) is 0 Å². The molecule has 0 bridgehead atoms. The number of aryl methyl sites for hydroxylation is 1. The summed E-state index contributed by atoms with van der Waals surface area (Å²) in [5, 5.41) is 7.19. The van der Waals surface area contributed by atoms with Crippen molar-refractivity contribution in [2.75, 3.05) is 5.73 Å². The van der Waals surface area contributed by atoms with Crippen molar-refractivity contribution in [3.05, 3.63) is 17.8 Å². The number of anilines is 1. The number of aromatic amines is 1. The Kier molecular flexibility index (Phi) is 2.69. The van der Waals surface area contributed by atoms with Crippen LogP contribution in [0.4, 0.5) is 5.13 Å². The van der Waals surface area contributed by atoms with Crippen LogP contribution in [0.5, 0.6) is 0 Å². The van der Waals surface area contributed by atoms with Crippen LogP contribution < -0.4 is 5.73 Å². The van der Waals surface area contributed by atoms with E-state index in [1.807, 2.05) is 6.92 Å². The second-order valence-electron chi connectivity index (χ2n) is 2.65. The molecule has 0 radical (unpaired) electrons. The van der Waals surface area contributed by atoms with Crippen LogP contribution in [0.2, 0.25) is 0 Å². The molecular weight excluding hydrogens is 218 g/mol. The number of H-pyrrole nitrogens is 1. The lowest BCUT2D eigenvalue weighted by Crippen LogP contribution is -1.83.